The molecule has 130 valence electrons. The Labute approximate surface area is 144 Å². The van der Waals surface area contributed by atoms with E-state index in [0.717, 1.165) is 36.9 Å². The van der Waals surface area contributed by atoms with E-state index in [1.807, 2.05) is 32.0 Å². The summed E-state index contributed by atoms with van der Waals surface area (Å²) in [6.45, 7) is 4.05. The molecule has 4 nitrogen and oxygen atoms in total. The zero-order valence-electron chi connectivity index (χ0n) is 14.4. The van der Waals surface area contributed by atoms with Crippen LogP contribution in [0.5, 0.6) is 0 Å². The first-order valence-electron chi connectivity index (χ1n) is 8.69. The zero-order valence-corrected chi connectivity index (χ0v) is 15.2. The second-order valence-corrected chi connectivity index (χ2v) is 8.97. The van der Waals surface area contributed by atoms with Crippen LogP contribution in [0.1, 0.15) is 43.2 Å². The highest BCUT2D eigenvalue weighted by atomic mass is 32.2. The van der Waals surface area contributed by atoms with Crippen LogP contribution in [0, 0.1) is 19.8 Å². The van der Waals surface area contributed by atoms with Gasteiger partial charge in [0.15, 0.2) is 9.84 Å². The van der Waals surface area contributed by atoms with Crippen molar-refractivity contribution in [2.24, 2.45) is 5.92 Å². The predicted octanol–water partition coefficient (Wildman–Crippen LogP) is 3.53. The largest absolute Gasteiger partial charge is 0.304 e. The molecule has 24 heavy (non-hydrogen) atoms. The van der Waals surface area contributed by atoms with Gasteiger partial charge in [-0.3, -0.25) is 4.79 Å². The lowest BCUT2D eigenvalue weighted by atomic mass is 9.87. The van der Waals surface area contributed by atoms with Gasteiger partial charge < -0.3 is 4.90 Å². The number of anilines is 1. The fourth-order valence-corrected chi connectivity index (χ4v) is 4.89. The van der Waals surface area contributed by atoms with Gasteiger partial charge in [-0.15, -0.1) is 0 Å². The summed E-state index contributed by atoms with van der Waals surface area (Å²) >= 11 is 0. The summed E-state index contributed by atoms with van der Waals surface area (Å²) in [7, 11) is -3.21. The van der Waals surface area contributed by atoms with Crippen LogP contribution in [0.3, 0.4) is 0 Å². The molecule has 2 aliphatic rings. The Balaban J connectivity index is 1.95. The summed E-state index contributed by atoms with van der Waals surface area (Å²) < 4.78 is 23.7. The molecule has 1 aliphatic heterocycles. The lowest BCUT2D eigenvalue weighted by Crippen LogP contribution is -2.45. The lowest BCUT2D eigenvalue weighted by Gasteiger charge is -2.33. The molecular formula is C19H25NO3S. The molecule has 1 aromatic rings. The van der Waals surface area contributed by atoms with Gasteiger partial charge in [-0.05, 0) is 56.0 Å². The molecule has 0 unspecified atom stereocenters. The quantitative estimate of drug-likeness (QED) is 0.840. The number of rotatable bonds is 3. The molecule has 0 spiro atoms. The Kier molecular flexibility index (Phi) is 4.81. The maximum absolute atomic E-state index is 13.2. The van der Waals surface area contributed by atoms with Crippen molar-refractivity contribution in [3.05, 3.63) is 40.8 Å². The fraction of sp³-hybridized carbons (Fsp3) is 0.526. The number of nitrogens with zero attached hydrogens (tertiary/aromatic N) is 1. The normalized spacial score (nSPS) is 23.3. The van der Waals surface area contributed by atoms with Crippen molar-refractivity contribution in [3.8, 4) is 0 Å². The molecule has 0 aromatic heterocycles. The molecule has 0 bridgehead atoms. The summed E-state index contributed by atoms with van der Waals surface area (Å²) in [5.74, 6) is 0.0695. The van der Waals surface area contributed by atoms with E-state index in [-0.39, 0.29) is 17.6 Å². The van der Waals surface area contributed by atoms with E-state index in [1.165, 1.54) is 17.4 Å². The fourth-order valence-electron chi connectivity index (χ4n) is 3.62. The number of hydrogen-bond acceptors (Lipinski definition) is 3. The first-order valence-corrected chi connectivity index (χ1v) is 10.4. The Hall–Kier alpha value is -1.62. The summed E-state index contributed by atoms with van der Waals surface area (Å²) in [6.07, 6.45) is 6.81. The van der Waals surface area contributed by atoms with Gasteiger partial charge in [-0.25, -0.2) is 8.42 Å². The Bertz CT molecular complexity index is 761. The van der Waals surface area contributed by atoms with E-state index in [0.29, 0.717) is 0 Å². The minimum absolute atomic E-state index is 0.0112. The summed E-state index contributed by atoms with van der Waals surface area (Å²) in [5, 5.41) is 1.25. The van der Waals surface area contributed by atoms with Crippen molar-refractivity contribution in [2.75, 3.05) is 10.7 Å². The predicted molar refractivity (Wildman–Crippen MR) is 96.7 cm³/mol. The number of amides is 1. The lowest BCUT2D eigenvalue weighted by molar-refractivity contribution is -0.123. The summed E-state index contributed by atoms with van der Waals surface area (Å²) in [4.78, 5) is 14.9. The molecule has 0 radical (unpaired) electrons. The SMILES string of the molecule is Cc1ccc(N(C(=O)C2CCCCC2)[C@@H]2C=CS(=O)(=O)C2)cc1C. The van der Waals surface area contributed by atoms with E-state index in [2.05, 4.69) is 0 Å². The van der Waals surface area contributed by atoms with Crippen LogP contribution in [0.4, 0.5) is 5.69 Å². The zero-order chi connectivity index (χ0) is 17.3. The number of hydrogen-bond donors (Lipinski definition) is 0. The molecular weight excluding hydrogens is 322 g/mol. The number of aryl methyl sites for hydroxylation is 2. The third-order valence-corrected chi connectivity index (χ3v) is 6.58. The Morgan fingerprint density at radius 3 is 2.38 bits per heavy atom. The minimum atomic E-state index is -3.21. The number of benzene rings is 1. The number of sulfone groups is 1. The van der Waals surface area contributed by atoms with E-state index in [1.54, 1.807) is 11.0 Å². The van der Waals surface area contributed by atoms with Crippen molar-refractivity contribution < 1.29 is 13.2 Å². The maximum Gasteiger partial charge on any atom is 0.230 e. The van der Waals surface area contributed by atoms with E-state index in [9.17, 15) is 13.2 Å². The number of carbonyl (C=O) groups excluding carboxylic acids is 1. The maximum atomic E-state index is 13.2. The average molecular weight is 347 g/mol. The first-order chi connectivity index (χ1) is 11.4. The average Bonchev–Trinajstić information content (AvgIpc) is 2.91. The van der Waals surface area contributed by atoms with Crippen molar-refractivity contribution in [3.63, 3.8) is 0 Å². The first kappa shape index (κ1) is 17.2. The molecule has 1 aliphatic carbocycles. The van der Waals surface area contributed by atoms with Crippen LogP contribution >= 0.6 is 0 Å². The second-order valence-electron chi connectivity index (χ2n) is 7.04. The van der Waals surface area contributed by atoms with Crippen molar-refractivity contribution >= 4 is 21.4 Å². The summed E-state index contributed by atoms with van der Waals surface area (Å²) in [6, 6.07) is 5.53. The standard InChI is InChI=1S/C19H25NO3S/c1-14-8-9-17(12-15(14)2)20(18-10-11-24(22,23)13-18)19(21)16-6-4-3-5-7-16/h8-12,16,18H,3-7,13H2,1-2H3/t18-/m1/s1. The van der Waals surface area contributed by atoms with Gasteiger partial charge in [0.2, 0.25) is 5.91 Å². The molecule has 5 heteroatoms. The van der Waals surface area contributed by atoms with Gasteiger partial charge in [0.25, 0.3) is 0 Å². The van der Waals surface area contributed by atoms with Crippen molar-refractivity contribution in [1.82, 2.24) is 0 Å². The minimum Gasteiger partial charge on any atom is -0.304 e. The van der Waals surface area contributed by atoms with Crippen LogP contribution in [-0.2, 0) is 14.6 Å². The van der Waals surface area contributed by atoms with Crippen molar-refractivity contribution in [1.29, 1.82) is 0 Å². The van der Waals surface area contributed by atoms with Gasteiger partial charge in [-0.2, -0.15) is 0 Å². The van der Waals surface area contributed by atoms with Crippen LogP contribution in [-0.4, -0.2) is 26.1 Å². The Morgan fingerprint density at radius 1 is 1.08 bits per heavy atom. The van der Waals surface area contributed by atoms with E-state index in [4.69, 9.17) is 0 Å². The highest BCUT2D eigenvalue weighted by Crippen LogP contribution is 2.31. The molecule has 0 saturated heterocycles. The van der Waals surface area contributed by atoms with Gasteiger partial charge in [0, 0.05) is 17.0 Å². The molecule has 3 rings (SSSR count). The monoisotopic (exact) mass is 347 g/mol. The van der Waals surface area contributed by atoms with E-state index < -0.39 is 15.9 Å². The van der Waals surface area contributed by atoms with Crippen LogP contribution in [0.2, 0.25) is 0 Å². The third kappa shape index (κ3) is 3.56. The molecule has 1 heterocycles. The van der Waals surface area contributed by atoms with Crippen LogP contribution in [0.15, 0.2) is 29.7 Å². The molecule has 1 aromatic carbocycles. The van der Waals surface area contributed by atoms with Gasteiger partial charge >= 0.3 is 0 Å². The third-order valence-electron chi connectivity index (χ3n) is 5.20. The van der Waals surface area contributed by atoms with E-state index >= 15 is 0 Å². The smallest absolute Gasteiger partial charge is 0.230 e. The van der Waals surface area contributed by atoms with Crippen LogP contribution < -0.4 is 4.90 Å². The van der Waals surface area contributed by atoms with Gasteiger partial charge in [-0.1, -0.05) is 25.3 Å². The Morgan fingerprint density at radius 2 is 1.79 bits per heavy atom. The highest BCUT2D eigenvalue weighted by Gasteiger charge is 2.35. The van der Waals surface area contributed by atoms with Gasteiger partial charge in [0.1, 0.15) is 0 Å². The molecule has 1 amide bonds. The van der Waals surface area contributed by atoms with Crippen LogP contribution in [0.25, 0.3) is 0 Å². The molecule has 0 N–H and O–H groups in total. The highest BCUT2D eigenvalue weighted by molar-refractivity contribution is 7.94. The second kappa shape index (κ2) is 6.71. The molecule has 1 fully saturated rings. The van der Waals surface area contributed by atoms with Gasteiger partial charge in [0.05, 0.1) is 11.8 Å². The molecule has 1 saturated carbocycles. The summed E-state index contributed by atoms with van der Waals surface area (Å²) in [5.41, 5.74) is 3.08. The topological polar surface area (TPSA) is 54.5 Å². The number of carbonyl (C=O) groups is 1. The molecule has 1 atom stereocenters. The van der Waals surface area contributed by atoms with Crippen molar-refractivity contribution in [2.45, 2.75) is 52.0 Å².